The highest BCUT2D eigenvalue weighted by Gasteiger charge is 2.45. The summed E-state index contributed by atoms with van der Waals surface area (Å²) < 4.78 is 23.2. The van der Waals surface area contributed by atoms with Gasteiger partial charge in [-0.1, -0.05) is 24.3 Å². The molecule has 1 unspecified atom stereocenters. The molecule has 4 aliphatic rings. The van der Waals surface area contributed by atoms with Crippen molar-refractivity contribution in [3.8, 4) is 17.3 Å². The lowest BCUT2D eigenvalue weighted by Gasteiger charge is -2.31. The highest BCUT2D eigenvalue weighted by atomic mass is 19.1. The summed E-state index contributed by atoms with van der Waals surface area (Å²) in [7, 11) is 5.92. The third-order valence-electron chi connectivity index (χ3n) is 10.6. The number of aromatic nitrogens is 3. The molecule has 1 atom stereocenters. The van der Waals surface area contributed by atoms with Gasteiger partial charge >= 0.3 is 6.01 Å². The number of hydrogen-bond acceptors (Lipinski definition) is 8. The highest BCUT2D eigenvalue weighted by Crippen LogP contribution is 2.46. The maximum absolute atomic E-state index is 16.7. The Bertz CT molecular complexity index is 1650. The van der Waals surface area contributed by atoms with Gasteiger partial charge in [-0.3, -0.25) is 14.7 Å². The van der Waals surface area contributed by atoms with Crippen LogP contribution < -0.4 is 9.64 Å². The molecule has 3 aromatic rings. The number of likely N-dealkylation sites (tertiary alicyclic amines) is 1. The molecule has 46 heavy (non-hydrogen) atoms. The zero-order chi connectivity index (χ0) is 32.0. The fraction of sp³-hybridized carbons (Fsp3) is 0.556. The third kappa shape index (κ3) is 5.86. The van der Waals surface area contributed by atoms with Crippen molar-refractivity contribution in [1.82, 2.24) is 29.7 Å². The Morgan fingerprint density at radius 1 is 1.11 bits per heavy atom. The van der Waals surface area contributed by atoms with Crippen molar-refractivity contribution in [2.45, 2.75) is 69.4 Å². The number of aryl methyl sites for hydroxylation is 1. The number of amides is 1. The topological polar surface area (TPSA) is 77.9 Å². The van der Waals surface area contributed by atoms with Crippen molar-refractivity contribution in [2.75, 3.05) is 65.4 Å². The molecule has 244 valence electrons. The molecule has 1 amide bonds. The first-order valence-electron chi connectivity index (χ1n) is 16.9. The van der Waals surface area contributed by atoms with E-state index in [4.69, 9.17) is 19.7 Å². The van der Waals surface area contributed by atoms with Crippen LogP contribution in [0.1, 0.15) is 62.0 Å². The average Bonchev–Trinajstić information content (AvgIpc) is 3.41. The molecule has 3 saturated heterocycles. The first-order valence-corrected chi connectivity index (χ1v) is 16.9. The summed E-state index contributed by atoms with van der Waals surface area (Å²) in [6, 6.07) is 6.26. The number of carbonyl (C=O) groups excluding carboxylic acids is 1. The summed E-state index contributed by atoms with van der Waals surface area (Å²) in [5.41, 5.74) is 3.77. The van der Waals surface area contributed by atoms with Gasteiger partial charge in [0.05, 0.1) is 10.9 Å². The van der Waals surface area contributed by atoms with Crippen LogP contribution in [0.3, 0.4) is 0 Å². The summed E-state index contributed by atoms with van der Waals surface area (Å²) in [6.45, 7) is 6.71. The maximum Gasteiger partial charge on any atom is 0.319 e. The number of fused-ring (bicyclic) bond motifs is 2. The first kappa shape index (κ1) is 31.0. The second-order valence-electron chi connectivity index (χ2n) is 14.0. The minimum atomic E-state index is -0.442. The van der Waals surface area contributed by atoms with E-state index in [1.165, 1.54) is 24.0 Å². The Morgan fingerprint density at radius 2 is 1.89 bits per heavy atom. The predicted octanol–water partition coefficient (Wildman–Crippen LogP) is 5.18. The molecule has 3 aliphatic heterocycles. The predicted molar refractivity (Wildman–Crippen MR) is 179 cm³/mol. The van der Waals surface area contributed by atoms with E-state index in [-0.39, 0.29) is 29.0 Å². The summed E-state index contributed by atoms with van der Waals surface area (Å²) in [5.74, 6) is 0.597. The molecule has 5 heterocycles. The molecule has 1 aliphatic carbocycles. The molecule has 0 bridgehead atoms. The second-order valence-corrected chi connectivity index (χ2v) is 14.0. The number of rotatable bonds is 10. The Morgan fingerprint density at radius 3 is 2.63 bits per heavy atom. The van der Waals surface area contributed by atoms with Crippen LogP contribution >= 0.6 is 0 Å². The summed E-state index contributed by atoms with van der Waals surface area (Å²) >= 11 is 0. The van der Waals surface area contributed by atoms with E-state index < -0.39 is 5.82 Å². The highest BCUT2D eigenvalue weighted by molar-refractivity contribution is 5.92. The van der Waals surface area contributed by atoms with Crippen LogP contribution in [0.15, 0.2) is 36.5 Å². The van der Waals surface area contributed by atoms with Crippen LogP contribution in [0.25, 0.3) is 22.2 Å². The molecule has 10 heteroatoms. The Hall–Kier alpha value is -3.63. The van der Waals surface area contributed by atoms with Crippen molar-refractivity contribution >= 4 is 22.6 Å². The lowest BCUT2D eigenvalue weighted by molar-refractivity contribution is -0.125. The lowest BCUT2D eigenvalue weighted by atomic mass is 9.95. The fourth-order valence-corrected chi connectivity index (χ4v) is 7.90. The van der Waals surface area contributed by atoms with Gasteiger partial charge in [-0.05, 0) is 96.1 Å². The van der Waals surface area contributed by atoms with E-state index in [0.717, 1.165) is 50.8 Å². The van der Waals surface area contributed by atoms with E-state index >= 15 is 4.39 Å². The smallest absolute Gasteiger partial charge is 0.319 e. The molecular weight excluding hydrogens is 581 g/mol. The normalized spacial score (nSPS) is 21.2. The maximum atomic E-state index is 16.7. The summed E-state index contributed by atoms with van der Waals surface area (Å²) in [5, 5.41) is 0.550. The Kier molecular flexibility index (Phi) is 8.44. The number of ether oxygens (including phenoxy) is 1. The molecule has 0 spiro atoms. The van der Waals surface area contributed by atoms with E-state index in [1.807, 2.05) is 49.2 Å². The standard InChI is InChI=1S/C36H46FN7O2/c1-24-9-5-10-27(30(24)25-12-13-25)32-31(37)33-28(21-38-32)34(40-35(39-33)46-23-36-15-7-18-44(36)19-8-16-36)42(4)26-14-20-43(22-26)29(45)11-6-17-41(2)3/h5-6,9-11,21,25-26H,7-8,12-20,22-23H2,1-4H3/b11-6+. The van der Waals surface area contributed by atoms with Gasteiger partial charge in [-0.2, -0.15) is 9.97 Å². The lowest BCUT2D eigenvalue weighted by Crippen LogP contribution is -2.43. The zero-order valence-corrected chi connectivity index (χ0v) is 27.6. The van der Waals surface area contributed by atoms with Crippen molar-refractivity contribution in [3.63, 3.8) is 0 Å². The quantitative estimate of drug-likeness (QED) is 0.285. The average molecular weight is 628 g/mol. The van der Waals surface area contributed by atoms with Crippen LogP contribution in [-0.4, -0.2) is 108 Å². The van der Waals surface area contributed by atoms with Crippen LogP contribution in [-0.2, 0) is 4.79 Å². The van der Waals surface area contributed by atoms with E-state index in [2.05, 4.69) is 22.8 Å². The molecule has 9 nitrogen and oxygen atoms in total. The number of nitrogens with zero attached hydrogens (tertiary/aromatic N) is 7. The molecule has 4 fully saturated rings. The number of hydrogen-bond donors (Lipinski definition) is 0. The fourth-order valence-electron chi connectivity index (χ4n) is 7.90. The summed E-state index contributed by atoms with van der Waals surface area (Å²) in [6.07, 6.45) is 12.8. The Balaban J connectivity index is 1.23. The van der Waals surface area contributed by atoms with Crippen molar-refractivity contribution in [1.29, 1.82) is 0 Å². The molecular formula is C36H46FN7O2. The number of benzene rings is 1. The number of pyridine rings is 1. The Labute approximate surface area is 271 Å². The van der Waals surface area contributed by atoms with E-state index in [0.29, 0.717) is 49.1 Å². The number of anilines is 1. The molecule has 0 radical (unpaired) electrons. The summed E-state index contributed by atoms with van der Waals surface area (Å²) in [4.78, 5) is 35.8. The van der Waals surface area contributed by atoms with Crippen molar-refractivity contribution in [2.24, 2.45) is 0 Å². The largest absolute Gasteiger partial charge is 0.461 e. The molecule has 7 rings (SSSR count). The van der Waals surface area contributed by atoms with Crippen molar-refractivity contribution in [3.05, 3.63) is 53.5 Å². The van der Waals surface area contributed by atoms with Crippen LogP contribution in [0.4, 0.5) is 10.2 Å². The van der Waals surface area contributed by atoms with Gasteiger partial charge in [0.1, 0.15) is 23.6 Å². The van der Waals surface area contributed by atoms with Crippen molar-refractivity contribution < 1.29 is 13.9 Å². The van der Waals surface area contributed by atoms with Gasteiger partial charge in [0, 0.05) is 50.6 Å². The molecule has 0 N–H and O–H groups in total. The molecule has 1 saturated carbocycles. The monoisotopic (exact) mass is 627 g/mol. The van der Waals surface area contributed by atoms with Gasteiger partial charge in [-0.25, -0.2) is 4.39 Å². The molecule has 1 aromatic carbocycles. The minimum absolute atomic E-state index is 0.00762. The zero-order valence-electron chi connectivity index (χ0n) is 27.6. The van der Waals surface area contributed by atoms with Gasteiger partial charge in [0.2, 0.25) is 5.91 Å². The number of carbonyl (C=O) groups is 1. The van der Waals surface area contributed by atoms with Gasteiger partial charge in [-0.15, -0.1) is 0 Å². The van der Waals surface area contributed by atoms with Gasteiger partial charge in [0.15, 0.2) is 5.82 Å². The third-order valence-corrected chi connectivity index (χ3v) is 10.6. The number of likely N-dealkylation sites (N-methyl/N-ethyl adjacent to an activating group) is 2. The second kappa shape index (κ2) is 12.5. The van der Waals surface area contributed by atoms with Gasteiger partial charge < -0.3 is 19.4 Å². The van der Waals surface area contributed by atoms with Crippen LogP contribution in [0.2, 0.25) is 0 Å². The van der Waals surface area contributed by atoms with Gasteiger partial charge in [0.25, 0.3) is 0 Å². The van der Waals surface area contributed by atoms with Crippen LogP contribution in [0.5, 0.6) is 6.01 Å². The SMILES string of the molecule is Cc1cccc(-c2ncc3c(N(C)C4CCN(C(=O)/C=C/CN(C)C)C4)nc(OCC45CCCN4CCC5)nc3c2F)c1C1CC1. The van der Waals surface area contributed by atoms with E-state index in [9.17, 15) is 4.79 Å². The molecule has 2 aromatic heterocycles. The van der Waals surface area contributed by atoms with Crippen LogP contribution in [0, 0.1) is 12.7 Å². The van der Waals surface area contributed by atoms with E-state index in [1.54, 1.807) is 12.3 Å². The number of halogens is 1. The first-order chi connectivity index (χ1) is 22.2. The minimum Gasteiger partial charge on any atom is -0.461 e.